The van der Waals surface area contributed by atoms with Crippen LogP contribution in [0.4, 0.5) is 14.5 Å². The van der Waals surface area contributed by atoms with Crippen LogP contribution in [0.5, 0.6) is 0 Å². The molecule has 0 radical (unpaired) electrons. The Labute approximate surface area is 126 Å². The number of sulfonamides is 1. The van der Waals surface area contributed by atoms with Crippen molar-refractivity contribution in [2.75, 3.05) is 4.72 Å². The third kappa shape index (κ3) is 4.27. The summed E-state index contributed by atoms with van der Waals surface area (Å²) >= 11 is 0. The Balaban J connectivity index is 3.54. The number of rotatable bonds is 5. The number of anilines is 1. The molecule has 1 N–H and O–H groups in total. The van der Waals surface area contributed by atoms with Gasteiger partial charge in [0.1, 0.15) is 0 Å². The van der Waals surface area contributed by atoms with Crippen LogP contribution in [0.25, 0.3) is 0 Å². The minimum absolute atomic E-state index is 0.0608. The van der Waals surface area contributed by atoms with E-state index in [2.05, 4.69) is 0 Å². The molecular weight excluding hydrogens is 348 g/mol. The first-order valence-electron chi connectivity index (χ1n) is 5.75. The number of benzene rings is 1. The van der Waals surface area contributed by atoms with E-state index in [0.717, 1.165) is 6.07 Å². The van der Waals surface area contributed by atoms with E-state index >= 15 is 0 Å². The number of nitrogens with one attached hydrogen (secondary N) is 1. The SMILES string of the molecule is Cc1cc(S(=O)(=O)Cl)cc(C(C)C)c1NS(=O)(=O)C(F)F. The van der Waals surface area contributed by atoms with Gasteiger partial charge >= 0.3 is 5.76 Å². The smallest absolute Gasteiger partial charge is 0.278 e. The quantitative estimate of drug-likeness (QED) is 0.817. The zero-order valence-corrected chi connectivity index (χ0v) is 13.8. The highest BCUT2D eigenvalue weighted by atomic mass is 35.7. The summed E-state index contributed by atoms with van der Waals surface area (Å²) < 4.78 is 72.1. The largest absolute Gasteiger partial charge is 0.355 e. The molecule has 0 saturated heterocycles. The van der Waals surface area contributed by atoms with Gasteiger partial charge in [0.15, 0.2) is 0 Å². The molecule has 0 heterocycles. The lowest BCUT2D eigenvalue weighted by Crippen LogP contribution is -2.22. The van der Waals surface area contributed by atoms with E-state index in [1.807, 2.05) is 0 Å². The average Bonchev–Trinajstić information content (AvgIpc) is 2.29. The third-order valence-electron chi connectivity index (χ3n) is 2.72. The molecule has 0 bridgehead atoms. The van der Waals surface area contributed by atoms with Gasteiger partial charge in [-0.1, -0.05) is 13.8 Å². The maximum Gasteiger partial charge on any atom is 0.355 e. The summed E-state index contributed by atoms with van der Waals surface area (Å²) in [6.45, 7) is 4.74. The molecule has 120 valence electrons. The van der Waals surface area contributed by atoms with Crippen LogP contribution in [0.3, 0.4) is 0 Å². The van der Waals surface area contributed by atoms with Crippen molar-refractivity contribution in [2.24, 2.45) is 0 Å². The van der Waals surface area contributed by atoms with Crippen molar-refractivity contribution < 1.29 is 25.6 Å². The molecule has 10 heteroatoms. The van der Waals surface area contributed by atoms with Crippen LogP contribution < -0.4 is 4.72 Å². The van der Waals surface area contributed by atoms with E-state index in [9.17, 15) is 25.6 Å². The number of alkyl halides is 2. The standard InChI is InChI=1S/C11H14ClF2NO4S2/c1-6(2)9-5-8(20(12,16)17)4-7(3)10(9)15-21(18,19)11(13)14/h4-6,11,15H,1-3H3. The summed E-state index contributed by atoms with van der Waals surface area (Å²) in [6, 6.07) is 2.29. The van der Waals surface area contributed by atoms with Gasteiger partial charge in [0.25, 0.3) is 19.1 Å². The van der Waals surface area contributed by atoms with Crippen molar-refractivity contribution in [3.8, 4) is 0 Å². The molecule has 1 rings (SSSR count). The first kappa shape index (κ1) is 18.1. The summed E-state index contributed by atoms with van der Waals surface area (Å²) in [5.74, 6) is -3.90. The molecule has 5 nitrogen and oxygen atoms in total. The van der Waals surface area contributed by atoms with Gasteiger partial charge in [0.2, 0.25) is 0 Å². The van der Waals surface area contributed by atoms with Gasteiger partial charge in [-0.25, -0.2) is 16.8 Å². The molecule has 0 spiro atoms. The average molecular weight is 362 g/mol. The van der Waals surface area contributed by atoms with E-state index in [1.54, 1.807) is 18.6 Å². The van der Waals surface area contributed by atoms with Crippen molar-refractivity contribution in [2.45, 2.75) is 37.3 Å². The van der Waals surface area contributed by atoms with E-state index in [4.69, 9.17) is 10.7 Å². The van der Waals surface area contributed by atoms with Crippen LogP contribution >= 0.6 is 10.7 Å². The number of hydrogen-bond donors (Lipinski definition) is 1. The van der Waals surface area contributed by atoms with Crippen molar-refractivity contribution in [3.05, 3.63) is 23.3 Å². The summed E-state index contributed by atoms with van der Waals surface area (Å²) in [5, 5.41) is 0. The molecule has 0 amide bonds. The molecule has 0 atom stereocenters. The molecule has 0 aliphatic carbocycles. The van der Waals surface area contributed by atoms with Crippen LogP contribution in [0.1, 0.15) is 30.9 Å². The third-order valence-corrected chi connectivity index (χ3v) is 5.01. The summed E-state index contributed by atoms with van der Waals surface area (Å²) in [5.41, 5.74) is 0.387. The second-order valence-corrected chi connectivity index (χ2v) is 8.92. The fraction of sp³-hybridized carbons (Fsp3) is 0.455. The summed E-state index contributed by atoms with van der Waals surface area (Å²) in [6.07, 6.45) is 0. The number of hydrogen-bond acceptors (Lipinski definition) is 4. The van der Waals surface area contributed by atoms with Crippen LogP contribution in [0.2, 0.25) is 0 Å². The zero-order valence-electron chi connectivity index (χ0n) is 11.4. The van der Waals surface area contributed by atoms with Gasteiger partial charge in [-0.2, -0.15) is 8.78 Å². The summed E-state index contributed by atoms with van der Waals surface area (Å²) in [4.78, 5) is -0.217. The second kappa shape index (κ2) is 6.05. The Morgan fingerprint density at radius 3 is 2.05 bits per heavy atom. The van der Waals surface area contributed by atoms with Crippen LogP contribution in [0.15, 0.2) is 17.0 Å². The van der Waals surface area contributed by atoms with Crippen LogP contribution in [0, 0.1) is 6.92 Å². The highest BCUT2D eigenvalue weighted by Gasteiger charge is 2.27. The van der Waals surface area contributed by atoms with Gasteiger partial charge in [-0.15, -0.1) is 0 Å². The first-order valence-corrected chi connectivity index (χ1v) is 9.61. The van der Waals surface area contributed by atoms with Crippen molar-refractivity contribution in [1.29, 1.82) is 0 Å². The lowest BCUT2D eigenvalue weighted by atomic mass is 9.99. The molecule has 0 saturated carbocycles. The van der Waals surface area contributed by atoms with Crippen molar-refractivity contribution >= 4 is 35.4 Å². The lowest BCUT2D eigenvalue weighted by molar-refractivity contribution is 0.236. The predicted octanol–water partition coefficient (Wildman–Crippen LogP) is 3.01. The fourth-order valence-corrected chi connectivity index (χ4v) is 3.21. The summed E-state index contributed by atoms with van der Waals surface area (Å²) in [7, 11) is -3.60. The molecule has 1 aromatic carbocycles. The Bertz CT molecular complexity index is 746. The molecule has 21 heavy (non-hydrogen) atoms. The van der Waals surface area contributed by atoms with Gasteiger partial charge in [0, 0.05) is 10.7 Å². The minimum Gasteiger partial charge on any atom is -0.278 e. The Morgan fingerprint density at radius 1 is 1.14 bits per heavy atom. The Kier molecular flexibility index (Phi) is 5.22. The predicted molar refractivity (Wildman–Crippen MR) is 76.9 cm³/mol. The molecule has 0 aliphatic rings. The van der Waals surface area contributed by atoms with Gasteiger partial charge in [0.05, 0.1) is 10.6 Å². The van der Waals surface area contributed by atoms with E-state index in [0.29, 0.717) is 0 Å². The van der Waals surface area contributed by atoms with Gasteiger partial charge in [-0.3, -0.25) is 4.72 Å². The molecule has 0 unspecified atom stereocenters. The number of halogens is 3. The van der Waals surface area contributed by atoms with E-state index in [1.165, 1.54) is 13.0 Å². The Hall–Kier alpha value is -0.930. The minimum atomic E-state index is -4.84. The molecule has 0 fully saturated rings. The van der Waals surface area contributed by atoms with E-state index in [-0.39, 0.29) is 27.6 Å². The maximum atomic E-state index is 12.5. The zero-order chi connectivity index (χ0) is 16.6. The highest BCUT2D eigenvalue weighted by Crippen LogP contribution is 2.33. The fourth-order valence-electron chi connectivity index (χ4n) is 1.70. The monoisotopic (exact) mass is 361 g/mol. The van der Waals surface area contributed by atoms with Crippen molar-refractivity contribution in [1.82, 2.24) is 0 Å². The molecular formula is C11H14ClF2NO4S2. The second-order valence-electron chi connectivity index (χ2n) is 4.70. The van der Waals surface area contributed by atoms with Crippen LogP contribution in [-0.2, 0) is 19.1 Å². The normalized spacial score (nSPS) is 13.0. The van der Waals surface area contributed by atoms with Gasteiger partial charge < -0.3 is 0 Å². The number of aryl methyl sites for hydroxylation is 1. The lowest BCUT2D eigenvalue weighted by Gasteiger charge is -2.18. The topological polar surface area (TPSA) is 80.3 Å². The molecule has 0 aromatic heterocycles. The van der Waals surface area contributed by atoms with E-state index < -0.39 is 24.8 Å². The molecule has 1 aromatic rings. The Morgan fingerprint density at radius 2 is 1.67 bits per heavy atom. The highest BCUT2D eigenvalue weighted by molar-refractivity contribution is 8.13. The molecule has 0 aliphatic heterocycles. The first-order chi connectivity index (χ1) is 9.36. The van der Waals surface area contributed by atoms with Crippen LogP contribution in [-0.4, -0.2) is 22.6 Å². The maximum absolute atomic E-state index is 12.5. The van der Waals surface area contributed by atoms with Crippen molar-refractivity contribution in [3.63, 3.8) is 0 Å². The van der Waals surface area contributed by atoms with Gasteiger partial charge in [-0.05, 0) is 36.1 Å².